The summed E-state index contributed by atoms with van der Waals surface area (Å²) < 4.78 is 11.6. The second kappa shape index (κ2) is 5.10. The minimum absolute atomic E-state index is 0.00341. The summed E-state index contributed by atoms with van der Waals surface area (Å²) in [6.07, 6.45) is 3.46. The van der Waals surface area contributed by atoms with Crippen molar-refractivity contribution in [1.29, 1.82) is 0 Å². The van der Waals surface area contributed by atoms with E-state index < -0.39 is 0 Å². The Balaban J connectivity index is 1.92. The molecular weight excluding hydrogens is 226 g/mol. The quantitative estimate of drug-likeness (QED) is 0.841. The zero-order chi connectivity index (χ0) is 13.4. The fraction of sp³-hybridized carbons (Fsp3) is 1.00. The minimum Gasteiger partial charge on any atom is -0.381 e. The van der Waals surface area contributed by atoms with Gasteiger partial charge in [0.15, 0.2) is 0 Å². The number of ether oxygens (including phenoxy) is 2. The molecule has 2 unspecified atom stereocenters. The minimum atomic E-state index is -0.0665. The molecule has 0 aliphatic carbocycles. The van der Waals surface area contributed by atoms with Gasteiger partial charge in [-0.05, 0) is 59.8 Å². The summed E-state index contributed by atoms with van der Waals surface area (Å²) in [5.74, 6) is 0.748. The number of hydrogen-bond donors (Lipinski definition) is 1. The van der Waals surface area contributed by atoms with Gasteiger partial charge in [-0.25, -0.2) is 0 Å². The maximum atomic E-state index is 6.15. The van der Waals surface area contributed by atoms with Gasteiger partial charge in [0.25, 0.3) is 0 Å². The number of hydrogen-bond acceptors (Lipinski definition) is 3. The molecule has 2 heterocycles. The van der Waals surface area contributed by atoms with Gasteiger partial charge in [0.1, 0.15) is 0 Å². The molecule has 0 aromatic rings. The second-order valence-electron chi connectivity index (χ2n) is 7.13. The molecular formula is C15H29NO2. The molecule has 0 spiro atoms. The lowest BCUT2D eigenvalue weighted by Gasteiger charge is -2.34. The van der Waals surface area contributed by atoms with Crippen LogP contribution in [0.4, 0.5) is 0 Å². The van der Waals surface area contributed by atoms with E-state index in [1.807, 2.05) is 0 Å². The largest absolute Gasteiger partial charge is 0.381 e. The molecule has 0 bridgehead atoms. The first-order valence-corrected chi connectivity index (χ1v) is 7.34. The Bertz CT molecular complexity index is 282. The molecule has 3 heteroatoms. The van der Waals surface area contributed by atoms with Crippen molar-refractivity contribution in [2.24, 2.45) is 5.92 Å². The van der Waals surface area contributed by atoms with E-state index in [1.165, 1.54) is 12.8 Å². The van der Waals surface area contributed by atoms with Crippen LogP contribution in [0, 0.1) is 5.92 Å². The van der Waals surface area contributed by atoms with Crippen molar-refractivity contribution in [3.63, 3.8) is 0 Å². The van der Waals surface area contributed by atoms with Crippen molar-refractivity contribution in [2.75, 3.05) is 13.2 Å². The Kier molecular flexibility index (Phi) is 4.05. The lowest BCUT2D eigenvalue weighted by Crippen LogP contribution is -2.50. The molecule has 2 aliphatic rings. The summed E-state index contributed by atoms with van der Waals surface area (Å²) in [4.78, 5) is 0. The summed E-state index contributed by atoms with van der Waals surface area (Å²) in [7, 11) is 0. The van der Waals surface area contributed by atoms with Gasteiger partial charge in [-0.3, -0.25) is 0 Å². The summed E-state index contributed by atoms with van der Waals surface area (Å²) in [5.41, 5.74) is -0.0700. The zero-order valence-corrected chi connectivity index (χ0v) is 12.6. The molecule has 2 atom stereocenters. The van der Waals surface area contributed by atoms with E-state index in [9.17, 15) is 0 Å². The van der Waals surface area contributed by atoms with Crippen molar-refractivity contribution in [1.82, 2.24) is 5.32 Å². The number of nitrogens with one attached hydrogen (secondary N) is 1. The normalized spacial score (nSPS) is 33.5. The molecule has 2 saturated heterocycles. The van der Waals surface area contributed by atoms with E-state index in [-0.39, 0.29) is 11.2 Å². The first-order chi connectivity index (χ1) is 8.30. The standard InChI is InChI=1S/C15H29NO2/c1-11(12-6-8-17-9-7-12)16-13-10-14(2,3)18-15(13,4)5/h11-13,16H,6-10H2,1-5H3. The first-order valence-electron chi connectivity index (χ1n) is 7.34. The topological polar surface area (TPSA) is 30.5 Å². The highest BCUT2D eigenvalue weighted by atomic mass is 16.5. The van der Waals surface area contributed by atoms with E-state index in [2.05, 4.69) is 39.9 Å². The predicted octanol–water partition coefficient (Wildman–Crippen LogP) is 2.74. The third-order valence-corrected chi connectivity index (χ3v) is 4.51. The van der Waals surface area contributed by atoms with Crippen LogP contribution in [0.15, 0.2) is 0 Å². The molecule has 0 aromatic carbocycles. The van der Waals surface area contributed by atoms with Gasteiger partial charge < -0.3 is 14.8 Å². The van der Waals surface area contributed by atoms with Gasteiger partial charge in [-0.15, -0.1) is 0 Å². The molecule has 0 radical (unpaired) electrons. The molecule has 2 aliphatic heterocycles. The average molecular weight is 255 g/mol. The smallest absolute Gasteiger partial charge is 0.0787 e. The van der Waals surface area contributed by atoms with E-state index in [0.717, 1.165) is 25.6 Å². The van der Waals surface area contributed by atoms with Crippen LogP contribution in [-0.2, 0) is 9.47 Å². The lowest BCUT2D eigenvalue weighted by atomic mass is 9.89. The van der Waals surface area contributed by atoms with Gasteiger partial charge in [-0.2, -0.15) is 0 Å². The van der Waals surface area contributed by atoms with Crippen LogP contribution in [0.5, 0.6) is 0 Å². The van der Waals surface area contributed by atoms with Gasteiger partial charge >= 0.3 is 0 Å². The Hall–Kier alpha value is -0.120. The molecule has 0 amide bonds. The van der Waals surface area contributed by atoms with Crippen molar-refractivity contribution >= 4 is 0 Å². The zero-order valence-electron chi connectivity index (χ0n) is 12.6. The maximum Gasteiger partial charge on any atom is 0.0787 e. The van der Waals surface area contributed by atoms with Crippen LogP contribution >= 0.6 is 0 Å². The molecule has 3 nitrogen and oxygen atoms in total. The van der Waals surface area contributed by atoms with Crippen molar-refractivity contribution < 1.29 is 9.47 Å². The second-order valence-corrected chi connectivity index (χ2v) is 7.13. The monoisotopic (exact) mass is 255 g/mol. The highest BCUT2D eigenvalue weighted by Gasteiger charge is 2.46. The molecule has 106 valence electrons. The Morgan fingerprint density at radius 1 is 1.11 bits per heavy atom. The molecule has 18 heavy (non-hydrogen) atoms. The number of rotatable bonds is 3. The van der Waals surface area contributed by atoms with Crippen LogP contribution in [0.2, 0.25) is 0 Å². The Morgan fingerprint density at radius 2 is 1.72 bits per heavy atom. The molecule has 0 aromatic heterocycles. The van der Waals surface area contributed by atoms with Crippen LogP contribution in [0.1, 0.15) is 53.9 Å². The highest BCUT2D eigenvalue weighted by Crippen LogP contribution is 2.38. The Labute approximate surface area is 112 Å². The highest BCUT2D eigenvalue weighted by molar-refractivity contribution is 5.00. The van der Waals surface area contributed by atoms with E-state index in [4.69, 9.17) is 9.47 Å². The molecule has 2 fully saturated rings. The predicted molar refractivity (Wildman–Crippen MR) is 73.8 cm³/mol. The van der Waals surface area contributed by atoms with Crippen LogP contribution in [-0.4, -0.2) is 36.5 Å². The summed E-state index contributed by atoms with van der Waals surface area (Å²) in [5, 5.41) is 3.81. The van der Waals surface area contributed by atoms with E-state index >= 15 is 0 Å². The van der Waals surface area contributed by atoms with Crippen LogP contribution in [0.25, 0.3) is 0 Å². The van der Waals surface area contributed by atoms with Crippen LogP contribution in [0.3, 0.4) is 0 Å². The first kappa shape index (κ1) is 14.3. The lowest BCUT2D eigenvalue weighted by molar-refractivity contribution is -0.0711. The third kappa shape index (κ3) is 3.25. The van der Waals surface area contributed by atoms with Gasteiger partial charge in [0.2, 0.25) is 0 Å². The van der Waals surface area contributed by atoms with Gasteiger partial charge in [0, 0.05) is 25.3 Å². The SMILES string of the molecule is CC(NC1CC(C)(C)OC1(C)C)C1CCOCC1. The van der Waals surface area contributed by atoms with Crippen molar-refractivity contribution in [3.05, 3.63) is 0 Å². The molecule has 2 rings (SSSR count). The van der Waals surface area contributed by atoms with Gasteiger partial charge in [-0.1, -0.05) is 0 Å². The van der Waals surface area contributed by atoms with Crippen molar-refractivity contribution in [3.8, 4) is 0 Å². The van der Waals surface area contributed by atoms with Gasteiger partial charge in [0.05, 0.1) is 11.2 Å². The van der Waals surface area contributed by atoms with E-state index in [0.29, 0.717) is 12.1 Å². The van der Waals surface area contributed by atoms with E-state index in [1.54, 1.807) is 0 Å². The van der Waals surface area contributed by atoms with Crippen molar-refractivity contribution in [2.45, 2.75) is 77.2 Å². The Morgan fingerprint density at radius 3 is 2.22 bits per heavy atom. The summed E-state index contributed by atoms with van der Waals surface area (Å²) in [6, 6.07) is 1.00. The maximum absolute atomic E-state index is 6.15. The van der Waals surface area contributed by atoms with Crippen LogP contribution < -0.4 is 5.32 Å². The fourth-order valence-corrected chi connectivity index (χ4v) is 3.49. The molecule has 1 N–H and O–H groups in total. The average Bonchev–Trinajstić information content (AvgIpc) is 2.48. The summed E-state index contributed by atoms with van der Waals surface area (Å²) >= 11 is 0. The fourth-order valence-electron chi connectivity index (χ4n) is 3.49. The molecule has 0 saturated carbocycles. The third-order valence-electron chi connectivity index (χ3n) is 4.51. The summed E-state index contributed by atoms with van der Waals surface area (Å²) in [6.45, 7) is 13.0.